The van der Waals surface area contributed by atoms with Crippen molar-refractivity contribution in [3.63, 3.8) is 0 Å². The van der Waals surface area contributed by atoms with E-state index in [9.17, 15) is 0 Å². The number of rotatable bonds is 2. The van der Waals surface area contributed by atoms with Gasteiger partial charge in [-0.2, -0.15) is 0 Å². The molecule has 0 unspecified atom stereocenters. The van der Waals surface area contributed by atoms with Gasteiger partial charge in [0.1, 0.15) is 5.82 Å². The molecule has 1 aliphatic carbocycles. The maximum atomic E-state index is 5.59. The van der Waals surface area contributed by atoms with Gasteiger partial charge < -0.3 is 5.73 Å². The molecule has 18 heavy (non-hydrogen) atoms. The summed E-state index contributed by atoms with van der Waals surface area (Å²) in [6.07, 6.45) is 9.21. The monoisotopic (exact) mass is 239 g/mol. The second-order valence-corrected chi connectivity index (χ2v) is 4.92. The Morgan fingerprint density at radius 3 is 2.50 bits per heavy atom. The van der Waals surface area contributed by atoms with Gasteiger partial charge in [-0.15, -0.1) is 0 Å². The summed E-state index contributed by atoms with van der Waals surface area (Å²) >= 11 is 0. The van der Waals surface area contributed by atoms with E-state index >= 15 is 0 Å². The number of aryl methyl sites for hydroxylation is 2. The second kappa shape index (κ2) is 4.77. The molecule has 0 radical (unpaired) electrons. The van der Waals surface area contributed by atoms with Crippen molar-refractivity contribution in [1.29, 1.82) is 0 Å². The molecule has 0 spiro atoms. The molecule has 1 aliphatic rings. The van der Waals surface area contributed by atoms with E-state index < -0.39 is 0 Å². The molecule has 0 saturated heterocycles. The smallest absolute Gasteiger partial charge is 0.132 e. The van der Waals surface area contributed by atoms with Crippen LogP contribution in [0.1, 0.15) is 35.4 Å². The fourth-order valence-electron chi connectivity index (χ4n) is 2.54. The molecule has 3 nitrogen and oxygen atoms in total. The van der Waals surface area contributed by atoms with Crippen molar-refractivity contribution in [1.82, 2.24) is 9.97 Å². The van der Waals surface area contributed by atoms with Crippen molar-refractivity contribution < 1.29 is 0 Å². The van der Waals surface area contributed by atoms with Crippen LogP contribution in [-0.4, -0.2) is 9.97 Å². The zero-order valence-electron chi connectivity index (χ0n) is 10.4. The summed E-state index contributed by atoms with van der Waals surface area (Å²) in [6, 6.07) is 6.78. The summed E-state index contributed by atoms with van der Waals surface area (Å²) in [5, 5.41) is 0. The molecule has 2 N–H and O–H groups in total. The van der Waals surface area contributed by atoms with Gasteiger partial charge in [0.25, 0.3) is 0 Å². The standard InChI is InChI=1S/C15H17N3/c16-14-9-17-15(18-10-14)8-11-5-6-12-3-1-2-4-13(12)7-11/h5-7,9-10H,1-4,8,16H2. The van der Waals surface area contributed by atoms with E-state index in [4.69, 9.17) is 5.73 Å². The Hall–Kier alpha value is -1.90. The molecule has 0 aliphatic heterocycles. The number of nitrogens with two attached hydrogens (primary N) is 1. The predicted octanol–water partition coefficient (Wildman–Crippen LogP) is 2.53. The molecule has 1 aromatic heterocycles. The Bertz CT molecular complexity index is 546. The van der Waals surface area contributed by atoms with Crippen LogP contribution in [0, 0.1) is 0 Å². The Morgan fingerprint density at radius 2 is 1.72 bits per heavy atom. The molecule has 0 saturated carbocycles. The van der Waals surface area contributed by atoms with Crippen LogP contribution in [0.15, 0.2) is 30.6 Å². The van der Waals surface area contributed by atoms with Gasteiger partial charge in [0, 0.05) is 6.42 Å². The van der Waals surface area contributed by atoms with Crippen LogP contribution in [0.3, 0.4) is 0 Å². The SMILES string of the molecule is Nc1cnc(Cc2ccc3c(c2)CCCC3)nc1. The molecule has 92 valence electrons. The van der Waals surface area contributed by atoms with Crippen LogP contribution < -0.4 is 5.73 Å². The van der Waals surface area contributed by atoms with Gasteiger partial charge in [-0.25, -0.2) is 9.97 Å². The molecule has 1 heterocycles. The summed E-state index contributed by atoms with van der Waals surface area (Å²) < 4.78 is 0. The minimum atomic E-state index is 0.615. The molecule has 0 bridgehead atoms. The normalized spacial score (nSPS) is 14.2. The van der Waals surface area contributed by atoms with E-state index in [0.717, 1.165) is 12.2 Å². The van der Waals surface area contributed by atoms with Crippen molar-refractivity contribution in [2.24, 2.45) is 0 Å². The minimum Gasteiger partial charge on any atom is -0.396 e. The van der Waals surface area contributed by atoms with Gasteiger partial charge in [0.15, 0.2) is 0 Å². The Morgan fingerprint density at radius 1 is 1.00 bits per heavy atom. The number of fused-ring (bicyclic) bond motifs is 1. The first-order chi connectivity index (χ1) is 8.81. The Kier molecular flexibility index (Phi) is 2.97. The zero-order chi connectivity index (χ0) is 12.4. The van der Waals surface area contributed by atoms with Gasteiger partial charge in [-0.1, -0.05) is 18.2 Å². The highest BCUT2D eigenvalue weighted by molar-refractivity contribution is 5.35. The number of anilines is 1. The molecule has 0 amide bonds. The average molecular weight is 239 g/mol. The van der Waals surface area contributed by atoms with Crippen LogP contribution in [0.2, 0.25) is 0 Å². The first kappa shape index (κ1) is 11.2. The molecule has 0 atom stereocenters. The van der Waals surface area contributed by atoms with Crippen LogP contribution in [0.5, 0.6) is 0 Å². The van der Waals surface area contributed by atoms with Crippen LogP contribution in [0.4, 0.5) is 5.69 Å². The fraction of sp³-hybridized carbons (Fsp3) is 0.333. The molecule has 1 aromatic carbocycles. The molecular weight excluding hydrogens is 222 g/mol. The number of hydrogen-bond donors (Lipinski definition) is 1. The largest absolute Gasteiger partial charge is 0.396 e. The number of nitrogen functional groups attached to an aromatic ring is 1. The predicted molar refractivity (Wildman–Crippen MR) is 72.3 cm³/mol. The lowest BCUT2D eigenvalue weighted by Crippen LogP contribution is -2.04. The molecular formula is C15H17N3. The summed E-state index contributed by atoms with van der Waals surface area (Å²) in [5.74, 6) is 0.833. The van der Waals surface area contributed by atoms with Crippen LogP contribution in [-0.2, 0) is 19.3 Å². The highest BCUT2D eigenvalue weighted by Crippen LogP contribution is 2.22. The lowest BCUT2D eigenvalue weighted by atomic mass is 9.90. The van der Waals surface area contributed by atoms with E-state index in [1.807, 2.05) is 0 Å². The summed E-state index contributed by atoms with van der Waals surface area (Å²) in [5.41, 5.74) is 10.5. The topological polar surface area (TPSA) is 51.8 Å². The van der Waals surface area contributed by atoms with E-state index in [1.165, 1.54) is 42.4 Å². The summed E-state index contributed by atoms with van der Waals surface area (Å²) in [4.78, 5) is 8.50. The van der Waals surface area contributed by atoms with Gasteiger partial charge in [-0.05, 0) is 42.4 Å². The van der Waals surface area contributed by atoms with Gasteiger partial charge >= 0.3 is 0 Å². The third-order valence-electron chi connectivity index (χ3n) is 3.50. The van der Waals surface area contributed by atoms with Crippen molar-refractivity contribution in [3.05, 3.63) is 53.1 Å². The van der Waals surface area contributed by atoms with E-state index in [0.29, 0.717) is 5.69 Å². The van der Waals surface area contributed by atoms with Gasteiger partial charge in [0.05, 0.1) is 18.1 Å². The quantitative estimate of drug-likeness (QED) is 0.876. The average Bonchev–Trinajstić information content (AvgIpc) is 2.41. The van der Waals surface area contributed by atoms with Gasteiger partial charge in [-0.3, -0.25) is 0 Å². The molecule has 2 aromatic rings. The fourth-order valence-corrected chi connectivity index (χ4v) is 2.54. The lowest BCUT2D eigenvalue weighted by molar-refractivity contribution is 0.684. The first-order valence-corrected chi connectivity index (χ1v) is 6.48. The number of benzene rings is 1. The van der Waals surface area contributed by atoms with E-state index in [-0.39, 0.29) is 0 Å². The van der Waals surface area contributed by atoms with Crippen LogP contribution >= 0.6 is 0 Å². The second-order valence-electron chi connectivity index (χ2n) is 4.92. The molecule has 0 fully saturated rings. The summed E-state index contributed by atoms with van der Waals surface area (Å²) in [7, 11) is 0. The van der Waals surface area contributed by atoms with Crippen LogP contribution in [0.25, 0.3) is 0 Å². The van der Waals surface area contributed by atoms with Crippen molar-refractivity contribution >= 4 is 5.69 Å². The number of nitrogens with zero attached hydrogens (tertiary/aromatic N) is 2. The molecule has 3 heteroatoms. The van der Waals surface area contributed by atoms with Gasteiger partial charge in [0.2, 0.25) is 0 Å². The first-order valence-electron chi connectivity index (χ1n) is 6.48. The van der Waals surface area contributed by atoms with Crippen molar-refractivity contribution in [2.45, 2.75) is 32.1 Å². The lowest BCUT2D eigenvalue weighted by Gasteiger charge is -2.16. The summed E-state index contributed by atoms with van der Waals surface area (Å²) in [6.45, 7) is 0. The maximum Gasteiger partial charge on any atom is 0.132 e. The third kappa shape index (κ3) is 2.35. The van der Waals surface area contributed by atoms with Crippen molar-refractivity contribution in [3.8, 4) is 0 Å². The third-order valence-corrected chi connectivity index (χ3v) is 3.50. The van der Waals surface area contributed by atoms with E-state index in [1.54, 1.807) is 12.4 Å². The zero-order valence-corrected chi connectivity index (χ0v) is 10.4. The Balaban J connectivity index is 1.82. The minimum absolute atomic E-state index is 0.615. The maximum absolute atomic E-state index is 5.59. The highest BCUT2D eigenvalue weighted by atomic mass is 14.9. The van der Waals surface area contributed by atoms with Crippen molar-refractivity contribution in [2.75, 3.05) is 5.73 Å². The van der Waals surface area contributed by atoms with E-state index in [2.05, 4.69) is 28.2 Å². The number of hydrogen-bond acceptors (Lipinski definition) is 3. The Labute approximate surface area is 107 Å². The highest BCUT2D eigenvalue weighted by Gasteiger charge is 2.10. The number of aromatic nitrogens is 2. The molecule has 3 rings (SSSR count).